The number of carbonyl (C=O) groups excluding carboxylic acids is 1. The van der Waals surface area contributed by atoms with Gasteiger partial charge in [0.25, 0.3) is 0 Å². The third-order valence-corrected chi connectivity index (χ3v) is 7.41. The molecule has 0 bridgehead atoms. The molecule has 1 amide bonds. The van der Waals surface area contributed by atoms with E-state index in [0.29, 0.717) is 24.3 Å². The van der Waals surface area contributed by atoms with Crippen molar-refractivity contribution in [2.75, 3.05) is 18.4 Å². The van der Waals surface area contributed by atoms with Crippen LogP contribution in [0.2, 0.25) is 5.02 Å². The minimum Gasteiger partial charge on any atom is -0.407 e. The van der Waals surface area contributed by atoms with E-state index in [1.54, 1.807) is 12.1 Å². The number of amides is 1. The van der Waals surface area contributed by atoms with Crippen molar-refractivity contribution in [2.45, 2.75) is 24.2 Å². The van der Waals surface area contributed by atoms with Gasteiger partial charge in [0.1, 0.15) is 5.82 Å². The second-order valence-electron chi connectivity index (χ2n) is 7.43. The predicted molar refractivity (Wildman–Crippen MR) is 115 cm³/mol. The third-order valence-electron chi connectivity index (χ3n) is 5.24. The Morgan fingerprint density at radius 3 is 2.41 bits per heavy atom. The van der Waals surface area contributed by atoms with Gasteiger partial charge in [-0.3, -0.25) is 10.1 Å². The van der Waals surface area contributed by atoms with Gasteiger partial charge in [0.05, 0.1) is 11.3 Å². The van der Waals surface area contributed by atoms with Gasteiger partial charge < -0.3 is 4.42 Å². The first-order valence-corrected chi connectivity index (χ1v) is 11.8. The SMILES string of the molecule is O=C(Nc1nnc(Cc2ccc(F)cc2)o1)C1CCN(S(=O)(=O)c2ccc(Cl)cc2)CC1. The molecule has 0 aliphatic carbocycles. The molecule has 2 heterocycles. The predicted octanol–water partition coefficient (Wildman–Crippen LogP) is 3.49. The Balaban J connectivity index is 1.31. The van der Waals surface area contributed by atoms with Gasteiger partial charge in [-0.25, -0.2) is 12.8 Å². The highest BCUT2D eigenvalue weighted by molar-refractivity contribution is 7.89. The summed E-state index contributed by atoms with van der Waals surface area (Å²) in [6.07, 6.45) is 1.05. The fourth-order valence-corrected chi connectivity index (χ4v) is 5.07. The minimum absolute atomic E-state index is 0.0247. The summed E-state index contributed by atoms with van der Waals surface area (Å²) >= 11 is 5.83. The molecule has 0 spiro atoms. The van der Waals surface area contributed by atoms with Crippen LogP contribution in [0.25, 0.3) is 0 Å². The number of rotatable bonds is 6. The number of nitrogens with one attached hydrogen (secondary N) is 1. The molecule has 1 aliphatic rings. The highest BCUT2D eigenvalue weighted by Gasteiger charge is 2.32. The van der Waals surface area contributed by atoms with Crippen LogP contribution in [0.15, 0.2) is 57.8 Å². The number of hydrogen-bond acceptors (Lipinski definition) is 6. The fraction of sp³-hybridized carbons (Fsp3) is 0.286. The van der Waals surface area contributed by atoms with Crippen LogP contribution >= 0.6 is 11.6 Å². The number of benzene rings is 2. The highest BCUT2D eigenvalue weighted by atomic mass is 35.5. The van der Waals surface area contributed by atoms with Gasteiger partial charge in [0.15, 0.2) is 0 Å². The second-order valence-corrected chi connectivity index (χ2v) is 9.80. The van der Waals surface area contributed by atoms with Gasteiger partial charge in [-0.05, 0) is 54.8 Å². The van der Waals surface area contributed by atoms with Gasteiger partial charge in [0, 0.05) is 24.0 Å². The van der Waals surface area contributed by atoms with Crippen LogP contribution in [0.1, 0.15) is 24.3 Å². The average Bonchev–Trinajstić information content (AvgIpc) is 3.22. The van der Waals surface area contributed by atoms with E-state index >= 15 is 0 Å². The topological polar surface area (TPSA) is 105 Å². The lowest BCUT2D eigenvalue weighted by Crippen LogP contribution is -2.41. The lowest BCUT2D eigenvalue weighted by Gasteiger charge is -2.30. The molecule has 1 fully saturated rings. The maximum absolute atomic E-state index is 13.0. The molecule has 1 aromatic heterocycles. The van der Waals surface area contributed by atoms with E-state index in [-0.39, 0.29) is 47.5 Å². The third kappa shape index (κ3) is 5.14. The summed E-state index contributed by atoms with van der Waals surface area (Å²) in [6.45, 7) is 0.450. The van der Waals surface area contributed by atoms with Gasteiger partial charge in [-0.15, -0.1) is 5.10 Å². The van der Waals surface area contributed by atoms with Gasteiger partial charge >= 0.3 is 6.01 Å². The molecule has 3 aromatic rings. The first-order valence-electron chi connectivity index (χ1n) is 9.95. The largest absolute Gasteiger partial charge is 0.407 e. The molecular weight excluding hydrogens is 459 g/mol. The average molecular weight is 479 g/mol. The summed E-state index contributed by atoms with van der Waals surface area (Å²) in [6, 6.07) is 11.9. The van der Waals surface area contributed by atoms with Crippen LogP contribution in [0.3, 0.4) is 0 Å². The molecule has 0 saturated carbocycles. The minimum atomic E-state index is -3.64. The summed E-state index contributed by atoms with van der Waals surface area (Å²) in [5, 5.41) is 10.8. The molecule has 11 heteroatoms. The number of anilines is 1. The summed E-state index contributed by atoms with van der Waals surface area (Å²) in [4.78, 5) is 12.7. The zero-order valence-corrected chi connectivity index (χ0v) is 18.4. The molecule has 168 valence electrons. The van der Waals surface area contributed by atoms with Crippen LogP contribution in [0.5, 0.6) is 0 Å². The van der Waals surface area contributed by atoms with Gasteiger partial charge in [0.2, 0.25) is 21.8 Å². The van der Waals surface area contributed by atoms with Crippen molar-refractivity contribution >= 4 is 33.5 Å². The van der Waals surface area contributed by atoms with E-state index in [9.17, 15) is 17.6 Å². The van der Waals surface area contributed by atoms with Crippen molar-refractivity contribution in [1.82, 2.24) is 14.5 Å². The van der Waals surface area contributed by atoms with E-state index in [2.05, 4.69) is 15.5 Å². The molecule has 0 unspecified atom stereocenters. The Kier molecular flexibility index (Phi) is 6.54. The molecule has 0 atom stereocenters. The Bertz CT molecular complexity index is 1190. The van der Waals surface area contributed by atoms with E-state index in [1.807, 2.05) is 0 Å². The van der Waals surface area contributed by atoms with Gasteiger partial charge in [-0.2, -0.15) is 4.31 Å². The number of halogens is 2. The summed E-state index contributed by atoms with van der Waals surface area (Å²) < 4.78 is 45.4. The molecule has 1 aliphatic heterocycles. The van der Waals surface area contributed by atoms with E-state index in [0.717, 1.165) is 5.56 Å². The van der Waals surface area contributed by atoms with Crippen molar-refractivity contribution in [3.8, 4) is 0 Å². The Morgan fingerprint density at radius 2 is 1.75 bits per heavy atom. The smallest absolute Gasteiger partial charge is 0.322 e. The van der Waals surface area contributed by atoms with E-state index < -0.39 is 10.0 Å². The molecule has 0 radical (unpaired) electrons. The molecular formula is C21H20ClFN4O4S. The number of piperidine rings is 1. The number of sulfonamides is 1. The van der Waals surface area contributed by atoms with Crippen molar-refractivity contribution in [2.24, 2.45) is 5.92 Å². The highest BCUT2D eigenvalue weighted by Crippen LogP contribution is 2.25. The van der Waals surface area contributed by atoms with Crippen LogP contribution in [0, 0.1) is 11.7 Å². The van der Waals surface area contributed by atoms with Crippen molar-refractivity contribution < 1.29 is 22.0 Å². The van der Waals surface area contributed by atoms with Gasteiger partial charge in [-0.1, -0.05) is 28.8 Å². The van der Waals surface area contributed by atoms with Crippen LogP contribution in [0.4, 0.5) is 10.4 Å². The fourth-order valence-electron chi connectivity index (χ4n) is 3.47. The van der Waals surface area contributed by atoms with E-state index in [1.165, 1.54) is 40.7 Å². The zero-order valence-electron chi connectivity index (χ0n) is 16.9. The monoisotopic (exact) mass is 478 g/mol. The van der Waals surface area contributed by atoms with Crippen molar-refractivity contribution in [1.29, 1.82) is 0 Å². The second kappa shape index (κ2) is 9.35. The number of carbonyl (C=O) groups is 1. The Hall–Kier alpha value is -2.82. The zero-order chi connectivity index (χ0) is 22.7. The number of hydrogen-bond donors (Lipinski definition) is 1. The first-order chi connectivity index (χ1) is 15.3. The molecule has 1 saturated heterocycles. The molecule has 32 heavy (non-hydrogen) atoms. The molecule has 2 aromatic carbocycles. The standard InChI is InChI=1S/C21H20ClFN4O4S/c22-16-3-7-18(8-4-16)32(29,30)27-11-9-15(10-12-27)20(28)24-21-26-25-19(31-21)13-14-1-5-17(23)6-2-14/h1-8,15H,9-13H2,(H,24,26,28). The van der Waals surface area contributed by atoms with Crippen LogP contribution < -0.4 is 5.32 Å². The quantitative estimate of drug-likeness (QED) is 0.581. The number of aromatic nitrogens is 2. The normalized spacial score (nSPS) is 15.6. The van der Waals surface area contributed by atoms with Crippen molar-refractivity contribution in [3.05, 3.63) is 70.8 Å². The summed E-state index contributed by atoms with van der Waals surface area (Å²) in [5.41, 5.74) is 0.794. The Morgan fingerprint density at radius 1 is 1.09 bits per heavy atom. The van der Waals surface area contributed by atoms with Crippen LogP contribution in [-0.4, -0.2) is 41.9 Å². The summed E-state index contributed by atoms with van der Waals surface area (Å²) in [7, 11) is -3.64. The molecule has 4 rings (SSSR count). The Labute approximate surface area is 189 Å². The first kappa shape index (κ1) is 22.4. The molecule has 1 N–H and O–H groups in total. The number of nitrogens with zero attached hydrogens (tertiary/aromatic N) is 3. The van der Waals surface area contributed by atoms with Crippen molar-refractivity contribution in [3.63, 3.8) is 0 Å². The summed E-state index contributed by atoms with van der Waals surface area (Å²) in [5.74, 6) is -0.723. The maximum atomic E-state index is 13.0. The lowest BCUT2D eigenvalue weighted by atomic mass is 9.97. The lowest BCUT2D eigenvalue weighted by molar-refractivity contribution is -0.121. The molecule has 8 nitrogen and oxygen atoms in total. The van der Waals surface area contributed by atoms with Crippen LogP contribution in [-0.2, 0) is 21.2 Å². The maximum Gasteiger partial charge on any atom is 0.322 e. The van der Waals surface area contributed by atoms with E-state index in [4.69, 9.17) is 16.0 Å².